The molecule has 2 atom stereocenters. The van der Waals surface area contributed by atoms with E-state index in [1.165, 1.54) is 24.8 Å². The van der Waals surface area contributed by atoms with Crippen molar-refractivity contribution in [3.63, 3.8) is 0 Å². The first-order valence-corrected chi connectivity index (χ1v) is 7.31. The number of amides is 1. The van der Waals surface area contributed by atoms with Crippen molar-refractivity contribution < 1.29 is 9.53 Å². The lowest BCUT2D eigenvalue weighted by Crippen LogP contribution is -2.39. The maximum atomic E-state index is 12.2. The van der Waals surface area contributed by atoms with E-state index < -0.39 is 0 Å². The number of nitrogens with one attached hydrogen (secondary N) is 1. The number of hydrogen-bond acceptors (Lipinski definition) is 3. The van der Waals surface area contributed by atoms with E-state index >= 15 is 0 Å². The van der Waals surface area contributed by atoms with Crippen LogP contribution >= 0.6 is 12.4 Å². The van der Waals surface area contributed by atoms with Gasteiger partial charge < -0.3 is 15.8 Å². The van der Waals surface area contributed by atoms with E-state index in [1.54, 1.807) is 7.11 Å². The molecule has 3 N–H and O–H groups in total. The molecule has 0 spiro atoms. The first-order valence-electron chi connectivity index (χ1n) is 7.31. The predicted molar refractivity (Wildman–Crippen MR) is 86.4 cm³/mol. The highest BCUT2D eigenvalue weighted by molar-refractivity contribution is 5.85. The van der Waals surface area contributed by atoms with Gasteiger partial charge in [-0.05, 0) is 24.3 Å². The molecular formula is C16H25ClN2O2. The first-order chi connectivity index (χ1) is 9.74. The normalized spacial score (nSPS) is 17.2. The molecule has 0 aromatic heterocycles. The lowest BCUT2D eigenvalue weighted by molar-refractivity contribution is -0.124. The Morgan fingerprint density at radius 3 is 2.52 bits per heavy atom. The lowest BCUT2D eigenvalue weighted by Gasteiger charge is -2.35. The fraction of sp³-hybridized carbons (Fsp3) is 0.562. The van der Waals surface area contributed by atoms with Gasteiger partial charge in [0.05, 0.1) is 18.6 Å². The standard InChI is InChI=1S/C16H24N2O2.ClH/c1-20-14(11-17)10-15(19)18-16(13-8-5-9-13)12-6-3-2-4-7-12;/h2-4,6-7,13-14,16H,5,8-11,17H2,1H3,(H,18,19);1H. The minimum Gasteiger partial charge on any atom is -0.380 e. The van der Waals surface area contributed by atoms with E-state index in [2.05, 4.69) is 17.4 Å². The molecule has 0 bridgehead atoms. The van der Waals surface area contributed by atoms with Crippen LogP contribution in [0.5, 0.6) is 0 Å². The second-order valence-corrected chi connectivity index (χ2v) is 5.44. The number of carbonyl (C=O) groups excluding carboxylic acids is 1. The number of hydrogen-bond donors (Lipinski definition) is 2. The van der Waals surface area contributed by atoms with Gasteiger partial charge in [0.2, 0.25) is 5.91 Å². The zero-order chi connectivity index (χ0) is 14.4. The number of methoxy groups -OCH3 is 1. The zero-order valence-electron chi connectivity index (χ0n) is 12.5. The Morgan fingerprint density at radius 2 is 2.05 bits per heavy atom. The van der Waals surface area contributed by atoms with Crippen molar-refractivity contribution in [1.82, 2.24) is 5.32 Å². The summed E-state index contributed by atoms with van der Waals surface area (Å²) in [7, 11) is 1.59. The van der Waals surface area contributed by atoms with Gasteiger partial charge in [-0.15, -0.1) is 12.4 Å². The molecule has 1 aliphatic carbocycles. The Kier molecular flexibility index (Phi) is 7.72. The van der Waals surface area contributed by atoms with E-state index in [-0.39, 0.29) is 30.5 Å². The first kappa shape index (κ1) is 18.0. The summed E-state index contributed by atoms with van der Waals surface area (Å²) in [5.74, 6) is 0.572. The van der Waals surface area contributed by atoms with Gasteiger partial charge in [0.15, 0.2) is 0 Å². The third-order valence-electron chi connectivity index (χ3n) is 4.11. The van der Waals surface area contributed by atoms with E-state index in [1.807, 2.05) is 18.2 Å². The van der Waals surface area contributed by atoms with Crippen LogP contribution in [-0.2, 0) is 9.53 Å². The number of carbonyl (C=O) groups is 1. The summed E-state index contributed by atoms with van der Waals surface area (Å²) in [6.07, 6.45) is 3.75. The van der Waals surface area contributed by atoms with Crippen molar-refractivity contribution in [3.8, 4) is 0 Å². The molecule has 0 aliphatic heterocycles. The Hall–Kier alpha value is -1.10. The molecule has 0 radical (unpaired) electrons. The van der Waals surface area contributed by atoms with Crippen LogP contribution in [-0.4, -0.2) is 25.7 Å². The maximum absolute atomic E-state index is 12.2. The summed E-state index contributed by atoms with van der Waals surface area (Å²) < 4.78 is 5.17. The SMILES string of the molecule is COC(CN)CC(=O)NC(c1ccccc1)C1CCC1.Cl. The van der Waals surface area contributed by atoms with E-state index in [9.17, 15) is 4.79 Å². The fourth-order valence-corrected chi connectivity index (χ4v) is 2.61. The highest BCUT2D eigenvalue weighted by Crippen LogP contribution is 2.37. The summed E-state index contributed by atoms with van der Waals surface area (Å²) in [4.78, 5) is 12.2. The van der Waals surface area contributed by atoms with E-state index in [0.717, 1.165) is 0 Å². The zero-order valence-corrected chi connectivity index (χ0v) is 13.3. The van der Waals surface area contributed by atoms with Crippen LogP contribution in [0, 0.1) is 5.92 Å². The molecule has 1 saturated carbocycles. The second-order valence-electron chi connectivity index (χ2n) is 5.44. The van der Waals surface area contributed by atoms with Crippen LogP contribution in [0.4, 0.5) is 0 Å². The molecule has 0 saturated heterocycles. The molecule has 0 heterocycles. The Balaban J connectivity index is 0.00000220. The summed E-state index contributed by atoms with van der Waals surface area (Å²) in [5, 5.41) is 3.16. The van der Waals surface area contributed by atoms with Gasteiger partial charge >= 0.3 is 0 Å². The minimum absolute atomic E-state index is 0. The summed E-state index contributed by atoms with van der Waals surface area (Å²) in [6, 6.07) is 10.3. The molecule has 2 unspecified atom stereocenters. The maximum Gasteiger partial charge on any atom is 0.223 e. The van der Waals surface area contributed by atoms with E-state index in [0.29, 0.717) is 18.9 Å². The van der Waals surface area contributed by atoms with Crippen LogP contribution < -0.4 is 11.1 Å². The Labute approximate surface area is 132 Å². The van der Waals surface area contributed by atoms with Crippen LogP contribution in [0.3, 0.4) is 0 Å². The fourth-order valence-electron chi connectivity index (χ4n) is 2.61. The predicted octanol–water partition coefficient (Wildman–Crippen LogP) is 2.43. The van der Waals surface area contributed by atoms with E-state index in [4.69, 9.17) is 10.5 Å². The molecule has 21 heavy (non-hydrogen) atoms. The van der Waals surface area contributed by atoms with Gasteiger partial charge in [0.1, 0.15) is 0 Å². The van der Waals surface area contributed by atoms with Gasteiger partial charge in [0.25, 0.3) is 0 Å². The van der Waals surface area contributed by atoms with Crippen LogP contribution in [0.25, 0.3) is 0 Å². The van der Waals surface area contributed by atoms with Crippen molar-refractivity contribution in [3.05, 3.63) is 35.9 Å². The van der Waals surface area contributed by atoms with Gasteiger partial charge in [-0.1, -0.05) is 36.8 Å². The number of rotatable bonds is 7. The molecule has 1 aromatic rings. The van der Waals surface area contributed by atoms with Crippen LogP contribution in [0.2, 0.25) is 0 Å². The second kappa shape index (κ2) is 9.03. The molecule has 1 amide bonds. The third-order valence-corrected chi connectivity index (χ3v) is 4.11. The van der Waals surface area contributed by atoms with Crippen molar-refractivity contribution in [2.45, 2.75) is 37.8 Å². The molecule has 118 valence electrons. The van der Waals surface area contributed by atoms with Gasteiger partial charge in [-0.3, -0.25) is 4.79 Å². The highest BCUT2D eigenvalue weighted by Gasteiger charge is 2.29. The summed E-state index contributed by atoms with van der Waals surface area (Å²) in [6.45, 7) is 0.364. The topological polar surface area (TPSA) is 64.3 Å². The van der Waals surface area contributed by atoms with Crippen LogP contribution in [0.15, 0.2) is 30.3 Å². The number of benzene rings is 1. The molecular weight excluding hydrogens is 288 g/mol. The molecule has 1 aliphatic rings. The van der Waals surface area contributed by atoms with Gasteiger partial charge in [-0.2, -0.15) is 0 Å². The smallest absolute Gasteiger partial charge is 0.223 e. The Bertz CT molecular complexity index is 420. The number of ether oxygens (including phenoxy) is 1. The van der Waals surface area contributed by atoms with Crippen molar-refractivity contribution in [2.75, 3.05) is 13.7 Å². The summed E-state index contributed by atoms with van der Waals surface area (Å²) in [5.41, 5.74) is 6.75. The minimum atomic E-state index is -0.201. The van der Waals surface area contributed by atoms with Crippen molar-refractivity contribution >= 4 is 18.3 Å². The van der Waals surface area contributed by atoms with Gasteiger partial charge in [-0.25, -0.2) is 0 Å². The Morgan fingerprint density at radius 1 is 1.38 bits per heavy atom. The van der Waals surface area contributed by atoms with Crippen molar-refractivity contribution in [2.24, 2.45) is 11.7 Å². The number of nitrogens with two attached hydrogens (primary N) is 1. The molecule has 5 heteroatoms. The molecule has 4 nitrogen and oxygen atoms in total. The van der Waals surface area contributed by atoms with Crippen LogP contribution in [0.1, 0.15) is 37.3 Å². The molecule has 1 fully saturated rings. The summed E-state index contributed by atoms with van der Waals surface area (Å²) >= 11 is 0. The largest absolute Gasteiger partial charge is 0.380 e. The molecule has 1 aromatic carbocycles. The lowest BCUT2D eigenvalue weighted by atomic mass is 9.77. The monoisotopic (exact) mass is 312 g/mol. The quantitative estimate of drug-likeness (QED) is 0.812. The van der Waals surface area contributed by atoms with Crippen molar-refractivity contribution in [1.29, 1.82) is 0 Å². The number of halogens is 1. The molecule has 2 rings (SSSR count). The highest BCUT2D eigenvalue weighted by atomic mass is 35.5. The van der Waals surface area contributed by atoms with Gasteiger partial charge in [0, 0.05) is 13.7 Å². The average Bonchev–Trinajstić information content (AvgIpc) is 2.43. The third kappa shape index (κ3) is 4.99. The average molecular weight is 313 g/mol.